The van der Waals surface area contributed by atoms with Crippen LogP contribution in [0.3, 0.4) is 0 Å². The second-order valence-corrected chi connectivity index (χ2v) is 8.46. The van der Waals surface area contributed by atoms with E-state index in [2.05, 4.69) is 10.1 Å². The van der Waals surface area contributed by atoms with Crippen LogP contribution in [0.5, 0.6) is 0 Å². The van der Waals surface area contributed by atoms with Gasteiger partial charge in [0.25, 0.3) is 11.8 Å². The van der Waals surface area contributed by atoms with Crippen LogP contribution in [0.1, 0.15) is 73.1 Å². The Balaban J connectivity index is 1.55. The molecule has 160 valence electrons. The van der Waals surface area contributed by atoms with E-state index in [9.17, 15) is 9.59 Å². The smallest absolute Gasteiger partial charge is 0.254 e. The van der Waals surface area contributed by atoms with Crippen molar-refractivity contribution in [3.63, 3.8) is 0 Å². The van der Waals surface area contributed by atoms with Crippen molar-refractivity contribution < 1.29 is 14.1 Å². The third-order valence-corrected chi connectivity index (χ3v) is 6.25. The lowest BCUT2D eigenvalue weighted by Gasteiger charge is -2.30. The van der Waals surface area contributed by atoms with Crippen LogP contribution >= 0.6 is 0 Å². The first-order valence-electron chi connectivity index (χ1n) is 11.1. The van der Waals surface area contributed by atoms with Gasteiger partial charge in [0, 0.05) is 25.1 Å². The summed E-state index contributed by atoms with van der Waals surface area (Å²) in [5, 5.41) is 3.92. The molecule has 7 heteroatoms. The number of carbonyl (C=O) groups is 2. The molecule has 4 rings (SSSR count). The van der Waals surface area contributed by atoms with Crippen LogP contribution in [0.15, 0.2) is 34.9 Å². The van der Waals surface area contributed by atoms with Gasteiger partial charge in [0.05, 0.1) is 6.54 Å². The molecule has 0 N–H and O–H groups in total. The monoisotopic (exact) mass is 410 g/mol. The van der Waals surface area contributed by atoms with Crippen molar-refractivity contribution in [2.24, 2.45) is 5.92 Å². The Morgan fingerprint density at radius 2 is 1.83 bits per heavy atom. The molecular formula is C23H30N4O3. The summed E-state index contributed by atoms with van der Waals surface area (Å²) in [7, 11) is 0. The zero-order chi connectivity index (χ0) is 20.9. The normalized spacial score (nSPS) is 20.8. The molecule has 7 nitrogen and oxygen atoms in total. The Hall–Kier alpha value is -2.70. The number of hydrogen-bond acceptors (Lipinski definition) is 5. The van der Waals surface area contributed by atoms with Gasteiger partial charge in [-0.05, 0) is 44.2 Å². The van der Waals surface area contributed by atoms with Gasteiger partial charge in [-0.3, -0.25) is 9.59 Å². The first kappa shape index (κ1) is 20.6. The van der Waals surface area contributed by atoms with Gasteiger partial charge in [-0.25, -0.2) is 0 Å². The SMILES string of the molecule is Cc1noc(C2CN(C(=O)CC3CCCCC3)CCCN2C(=O)c2ccccc2)n1. The van der Waals surface area contributed by atoms with E-state index in [-0.39, 0.29) is 11.8 Å². The van der Waals surface area contributed by atoms with E-state index < -0.39 is 6.04 Å². The molecule has 1 aliphatic carbocycles. The van der Waals surface area contributed by atoms with Crippen molar-refractivity contribution in [1.29, 1.82) is 0 Å². The second-order valence-electron chi connectivity index (χ2n) is 8.46. The number of carbonyl (C=O) groups excluding carboxylic acids is 2. The molecule has 1 unspecified atom stereocenters. The van der Waals surface area contributed by atoms with E-state index in [4.69, 9.17) is 4.52 Å². The maximum atomic E-state index is 13.3. The molecule has 2 aromatic rings. The number of rotatable bonds is 4. The van der Waals surface area contributed by atoms with Crippen LogP contribution in [-0.2, 0) is 4.79 Å². The van der Waals surface area contributed by atoms with Crippen LogP contribution < -0.4 is 0 Å². The van der Waals surface area contributed by atoms with Gasteiger partial charge in [-0.1, -0.05) is 42.6 Å². The van der Waals surface area contributed by atoms with E-state index in [1.807, 2.05) is 35.2 Å². The fraction of sp³-hybridized carbons (Fsp3) is 0.565. The number of hydrogen-bond donors (Lipinski definition) is 0. The zero-order valence-electron chi connectivity index (χ0n) is 17.6. The average Bonchev–Trinajstić information content (AvgIpc) is 3.08. The largest absolute Gasteiger partial charge is 0.340 e. The summed E-state index contributed by atoms with van der Waals surface area (Å²) in [6, 6.07) is 8.80. The van der Waals surface area contributed by atoms with Crippen molar-refractivity contribution in [2.45, 2.75) is 57.9 Å². The Morgan fingerprint density at radius 3 is 2.53 bits per heavy atom. The van der Waals surface area contributed by atoms with Crippen molar-refractivity contribution in [3.8, 4) is 0 Å². The maximum absolute atomic E-state index is 13.3. The fourth-order valence-electron chi connectivity index (χ4n) is 4.63. The highest BCUT2D eigenvalue weighted by atomic mass is 16.5. The van der Waals surface area contributed by atoms with Gasteiger partial charge in [0.1, 0.15) is 6.04 Å². The highest BCUT2D eigenvalue weighted by molar-refractivity contribution is 5.94. The van der Waals surface area contributed by atoms with Gasteiger partial charge in [-0.2, -0.15) is 4.98 Å². The first-order valence-corrected chi connectivity index (χ1v) is 11.1. The molecule has 2 heterocycles. The molecule has 30 heavy (non-hydrogen) atoms. The predicted molar refractivity (Wildman–Crippen MR) is 112 cm³/mol. The van der Waals surface area contributed by atoms with Crippen LogP contribution in [0, 0.1) is 12.8 Å². The molecule has 0 radical (unpaired) electrons. The minimum absolute atomic E-state index is 0.0713. The van der Waals surface area contributed by atoms with Gasteiger partial charge < -0.3 is 14.3 Å². The third kappa shape index (κ3) is 4.71. The van der Waals surface area contributed by atoms with Crippen molar-refractivity contribution in [3.05, 3.63) is 47.6 Å². The quantitative estimate of drug-likeness (QED) is 0.767. The zero-order valence-corrected chi connectivity index (χ0v) is 17.6. The summed E-state index contributed by atoms with van der Waals surface area (Å²) in [6.45, 7) is 3.35. The number of benzene rings is 1. The highest BCUT2D eigenvalue weighted by Gasteiger charge is 2.35. The molecule has 1 aromatic carbocycles. The second kappa shape index (κ2) is 9.41. The minimum atomic E-state index is -0.434. The number of aromatic nitrogens is 2. The van der Waals surface area contributed by atoms with Crippen molar-refractivity contribution in [2.75, 3.05) is 19.6 Å². The summed E-state index contributed by atoms with van der Waals surface area (Å²) >= 11 is 0. The van der Waals surface area contributed by atoms with Crippen LogP contribution in [-0.4, -0.2) is 51.4 Å². The molecule has 1 saturated carbocycles. The topological polar surface area (TPSA) is 79.5 Å². The molecule has 0 spiro atoms. The number of nitrogens with zero attached hydrogens (tertiary/aromatic N) is 4. The minimum Gasteiger partial charge on any atom is -0.340 e. The van der Waals surface area contributed by atoms with Gasteiger partial charge >= 0.3 is 0 Å². The molecule has 1 aromatic heterocycles. The van der Waals surface area contributed by atoms with Crippen LogP contribution in [0.2, 0.25) is 0 Å². The van der Waals surface area contributed by atoms with E-state index in [0.717, 1.165) is 19.3 Å². The van der Waals surface area contributed by atoms with E-state index in [0.29, 0.717) is 49.3 Å². The Morgan fingerprint density at radius 1 is 1.07 bits per heavy atom. The fourth-order valence-corrected chi connectivity index (χ4v) is 4.63. The highest BCUT2D eigenvalue weighted by Crippen LogP contribution is 2.29. The van der Waals surface area contributed by atoms with E-state index in [1.165, 1.54) is 19.3 Å². The van der Waals surface area contributed by atoms with E-state index >= 15 is 0 Å². The first-order chi connectivity index (χ1) is 14.6. The van der Waals surface area contributed by atoms with Gasteiger partial charge in [-0.15, -0.1) is 0 Å². The van der Waals surface area contributed by atoms with Gasteiger partial charge in [0.15, 0.2) is 5.82 Å². The summed E-state index contributed by atoms with van der Waals surface area (Å²) < 4.78 is 5.46. The van der Waals surface area contributed by atoms with Gasteiger partial charge in [0.2, 0.25) is 5.91 Å². The Bertz CT molecular complexity index is 860. The lowest BCUT2D eigenvalue weighted by molar-refractivity contribution is -0.132. The molecule has 2 aliphatic rings. The van der Waals surface area contributed by atoms with Crippen LogP contribution in [0.4, 0.5) is 0 Å². The molecular weight excluding hydrogens is 380 g/mol. The standard InChI is InChI=1S/C23H30N4O3/c1-17-24-22(30-25-17)20-16-26(21(28)15-18-9-4-2-5-10-18)13-8-14-27(20)23(29)19-11-6-3-7-12-19/h3,6-7,11-12,18,20H,2,4-5,8-10,13-16H2,1H3. The molecule has 2 amide bonds. The summed E-state index contributed by atoms with van der Waals surface area (Å²) in [4.78, 5) is 34.5. The summed E-state index contributed by atoms with van der Waals surface area (Å²) in [5.74, 6) is 1.52. The Labute approximate surface area is 177 Å². The summed E-state index contributed by atoms with van der Waals surface area (Å²) in [5.41, 5.74) is 0.626. The maximum Gasteiger partial charge on any atom is 0.254 e. The van der Waals surface area contributed by atoms with Crippen LogP contribution in [0.25, 0.3) is 0 Å². The molecule has 1 atom stereocenters. The lowest BCUT2D eigenvalue weighted by atomic mass is 9.86. The Kier molecular flexibility index (Phi) is 6.45. The van der Waals surface area contributed by atoms with Crippen molar-refractivity contribution in [1.82, 2.24) is 19.9 Å². The average molecular weight is 411 g/mol. The number of aryl methyl sites for hydroxylation is 1. The van der Waals surface area contributed by atoms with E-state index in [1.54, 1.807) is 11.8 Å². The summed E-state index contributed by atoms with van der Waals surface area (Å²) in [6.07, 6.45) is 7.35. The molecule has 2 fully saturated rings. The predicted octanol–water partition coefficient (Wildman–Crippen LogP) is 3.76. The molecule has 0 bridgehead atoms. The number of amides is 2. The lowest BCUT2D eigenvalue weighted by Crippen LogP contribution is -2.40. The molecule has 1 aliphatic heterocycles. The third-order valence-electron chi connectivity index (χ3n) is 6.25. The van der Waals surface area contributed by atoms with Crippen molar-refractivity contribution >= 4 is 11.8 Å². The molecule has 1 saturated heterocycles.